The first-order valence-corrected chi connectivity index (χ1v) is 11.6. The predicted octanol–water partition coefficient (Wildman–Crippen LogP) is 4.13. The first-order valence-electron chi connectivity index (χ1n) is 10.8. The largest absolute Gasteiger partial charge is 0.435 e. The summed E-state index contributed by atoms with van der Waals surface area (Å²) in [7, 11) is 0. The summed E-state index contributed by atoms with van der Waals surface area (Å²) in [5.74, 6) is -0.359. The fraction of sp³-hybridized carbons (Fsp3) is 0.304. The van der Waals surface area contributed by atoms with Gasteiger partial charge in [-0.15, -0.1) is 4.99 Å². The molecule has 1 heterocycles. The number of halogens is 4. The number of hydrogen-bond acceptors (Lipinski definition) is 6. The minimum atomic E-state index is -2.99. The van der Waals surface area contributed by atoms with Gasteiger partial charge in [0.15, 0.2) is 0 Å². The van der Waals surface area contributed by atoms with Gasteiger partial charge in [-0.05, 0) is 38.1 Å². The van der Waals surface area contributed by atoms with Gasteiger partial charge in [-0.25, -0.2) is 5.01 Å². The molecule has 9 nitrogen and oxygen atoms in total. The van der Waals surface area contributed by atoms with Crippen LogP contribution in [-0.4, -0.2) is 59.3 Å². The average molecular weight is 538 g/mol. The van der Waals surface area contributed by atoms with Crippen molar-refractivity contribution in [3.63, 3.8) is 0 Å². The van der Waals surface area contributed by atoms with Gasteiger partial charge in [0.05, 0.1) is 34.4 Å². The first-order chi connectivity index (χ1) is 17.1. The Kier molecular flexibility index (Phi) is 9.03. The number of hydrogen-bond donors (Lipinski definition) is 2. The van der Waals surface area contributed by atoms with Crippen molar-refractivity contribution in [2.45, 2.75) is 32.5 Å². The summed E-state index contributed by atoms with van der Waals surface area (Å²) in [4.78, 5) is 18.3. The third-order valence-electron chi connectivity index (χ3n) is 5.21. The Hall–Kier alpha value is -3.46. The maximum Gasteiger partial charge on any atom is 0.387 e. The van der Waals surface area contributed by atoms with Crippen molar-refractivity contribution in [2.75, 3.05) is 18.4 Å². The van der Waals surface area contributed by atoms with Crippen molar-refractivity contribution in [1.82, 2.24) is 9.91 Å². The quantitative estimate of drug-likeness (QED) is 0.311. The standard InChI is InChI=1S/C23H23Cl2F2N7O2/c1-3-33(21(35)13(2)29)19-11-34(32-20(19)14-7-8-17(24)18(25)9-14)23(30-12-28)31-15-5-4-6-16(10-15)36-22(26)27/h4-10,13,19,22H,3,11,29H2,1-2H3,(H,30,31)/t13-,19?/m1/s1. The summed E-state index contributed by atoms with van der Waals surface area (Å²) < 4.78 is 29.7. The molecule has 1 unspecified atom stereocenters. The second-order valence-electron chi connectivity index (χ2n) is 7.69. The SMILES string of the molecule is CCN(C(=O)[C@@H](C)N)C1CN(/C(=N\C#N)Nc2cccc(OC(F)F)c2)N=C1c1ccc(Cl)c(Cl)c1. The lowest BCUT2D eigenvalue weighted by atomic mass is 10.0. The molecule has 0 aliphatic carbocycles. The number of amides is 1. The number of aliphatic imine (C=N–C) groups is 1. The van der Waals surface area contributed by atoms with Gasteiger partial charge in [0.1, 0.15) is 5.75 Å². The maximum absolute atomic E-state index is 12.9. The van der Waals surface area contributed by atoms with Crippen LogP contribution in [0.1, 0.15) is 19.4 Å². The van der Waals surface area contributed by atoms with Gasteiger partial charge in [-0.3, -0.25) is 4.79 Å². The molecular weight excluding hydrogens is 515 g/mol. The number of carbonyl (C=O) groups is 1. The molecule has 1 aliphatic heterocycles. The van der Waals surface area contributed by atoms with Crippen molar-refractivity contribution < 1.29 is 18.3 Å². The van der Waals surface area contributed by atoms with Gasteiger partial charge >= 0.3 is 6.61 Å². The summed E-state index contributed by atoms with van der Waals surface area (Å²) in [6.07, 6.45) is 1.71. The third-order valence-corrected chi connectivity index (χ3v) is 5.95. The lowest BCUT2D eigenvalue weighted by Gasteiger charge is -2.30. The third kappa shape index (κ3) is 6.40. The van der Waals surface area contributed by atoms with Gasteiger partial charge in [0.2, 0.25) is 18.1 Å². The zero-order chi connectivity index (χ0) is 26.4. The first kappa shape index (κ1) is 27.1. The van der Waals surface area contributed by atoms with Crippen LogP contribution in [0.4, 0.5) is 14.5 Å². The van der Waals surface area contributed by atoms with Crippen LogP contribution in [0, 0.1) is 11.5 Å². The van der Waals surface area contributed by atoms with E-state index < -0.39 is 18.7 Å². The molecule has 0 bridgehead atoms. The van der Waals surface area contributed by atoms with Crippen LogP contribution in [0.5, 0.6) is 5.75 Å². The summed E-state index contributed by atoms with van der Waals surface area (Å²) in [5, 5.41) is 18.9. The van der Waals surface area contributed by atoms with Crippen LogP contribution in [0.15, 0.2) is 52.6 Å². The molecule has 0 saturated carbocycles. The van der Waals surface area contributed by atoms with E-state index in [4.69, 9.17) is 28.9 Å². The Bertz CT molecular complexity index is 1220. The Labute approximate surface area is 216 Å². The fourth-order valence-electron chi connectivity index (χ4n) is 3.64. The smallest absolute Gasteiger partial charge is 0.387 e. The molecule has 2 aromatic rings. The minimum absolute atomic E-state index is 0.0102. The number of guanidine groups is 1. The number of nitrogens with one attached hydrogen (secondary N) is 1. The molecule has 0 aromatic heterocycles. The summed E-state index contributed by atoms with van der Waals surface area (Å²) in [6.45, 7) is 0.874. The predicted molar refractivity (Wildman–Crippen MR) is 134 cm³/mol. The van der Waals surface area contributed by atoms with Crippen molar-refractivity contribution in [3.8, 4) is 11.9 Å². The monoisotopic (exact) mass is 537 g/mol. The van der Waals surface area contributed by atoms with E-state index in [2.05, 4.69) is 20.1 Å². The number of alkyl halides is 2. The number of nitriles is 1. The van der Waals surface area contributed by atoms with Gasteiger partial charge in [0.25, 0.3) is 0 Å². The van der Waals surface area contributed by atoms with E-state index >= 15 is 0 Å². The number of benzene rings is 2. The second kappa shape index (κ2) is 12.0. The molecule has 0 radical (unpaired) electrons. The number of nitrogens with two attached hydrogens (primary N) is 1. The number of rotatable bonds is 7. The molecular formula is C23H23Cl2F2N7O2. The summed E-state index contributed by atoms with van der Waals surface area (Å²) >= 11 is 12.3. The van der Waals surface area contributed by atoms with Crippen LogP contribution >= 0.6 is 23.2 Å². The zero-order valence-corrected chi connectivity index (χ0v) is 20.8. The highest BCUT2D eigenvalue weighted by molar-refractivity contribution is 6.42. The number of likely N-dealkylation sites (N-methyl/N-ethyl adjacent to an activating group) is 1. The van der Waals surface area contributed by atoms with E-state index in [1.165, 1.54) is 23.2 Å². The molecule has 1 amide bonds. The van der Waals surface area contributed by atoms with Crippen LogP contribution in [-0.2, 0) is 4.79 Å². The van der Waals surface area contributed by atoms with Gasteiger partial charge in [-0.1, -0.05) is 35.3 Å². The van der Waals surface area contributed by atoms with Crippen molar-refractivity contribution in [2.24, 2.45) is 15.8 Å². The molecule has 0 fully saturated rings. The lowest BCUT2D eigenvalue weighted by molar-refractivity contribution is -0.133. The van der Waals surface area contributed by atoms with Crippen LogP contribution in [0.25, 0.3) is 0 Å². The van der Waals surface area contributed by atoms with E-state index in [0.29, 0.717) is 33.6 Å². The van der Waals surface area contributed by atoms with Crippen LogP contribution in [0.3, 0.4) is 0 Å². The number of nitrogens with zero attached hydrogens (tertiary/aromatic N) is 5. The fourth-order valence-corrected chi connectivity index (χ4v) is 3.94. The molecule has 3 N–H and O–H groups in total. The normalized spacial score (nSPS) is 16.4. The van der Waals surface area contributed by atoms with E-state index in [1.54, 1.807) is 42.3 Å². The molecule has 3 rings (SSSR count). The molecule has 0 saturated heterocycles. The van der Waals surface area contributed by atoms with E-state index in [9.17, 15) is 18.8 Å². The summed E-state index contributed by atoms with van der Waals surface area (Å²) in [6, 6.07) is 9.42. The number of hydrazone groups is 1. The highest BCUT2D eigenvalue weighted by Gasteiger charge is 2.37. The molecule has 190 valence electrons. The molecule has 2 aromatic carbocycles. The van der Waals surface area contributed by atoms with Crippen molar-refractivity contribution >= 4 is 46.5 Å². The molecule has 13 heteroatoms. The highest BCUT2D eigenvalue weighted by atomic mass is 35.5. The number of carbonyl (C=O) groups excluding carboxylic acids is 1. The van der Waals surface area contributed by atoms with Crippen molar-refractivity contribution in [3.05, 3.63) is 58.1 Å². The Morgan fingerprint density at radius 2 is 2.11 bits per heavy atom. The second-order valence-corrected chi connectivity index (χ2v) is 8.51. The topological polar surface area (TPSA) is 119 Å². The Balaban J connectivity index is 2.00. The van der Waals surface area contributed by atoms with Gasteiger partial charge in [0, 0.05) is 23.9 Å². The Morgan fingerprint density at radius 1 is 1.36 bits per heavy atom. The summed E-state index contributed by atoms with van der Waals surface area (Å²) in [5.41, 5.74) is 7.29. The molecule has 1 aliphatic rings. The van der Waals surface area contributed by atoms with Crippen LogP contribution < -0.4 is 15.8 Å². The van der Waals surface area contributed by atoms with Crippen molar-refractivity contribution in [1.29, 1.82) is 5.26 Å². The zero-order valence-electron chi connectivity index (χ0n) is 19.3. The Morgan fingerprint density at radius 3 is 2.72 bits per heavy atom. The average Bonchev–Trinajstić information content (AvgIpc) is 3.26. The van der Waals surface area contributed by atoms with E-state index in [-0.39, 0.29) is 24.2 Å². The van der Waals surface area contributed by atoms with Gasteiger partial charge < -0.3 is 20.7 Å². The van der Waals surface area contributed by atoms with Crippen LogP contribution in [0.2, 0.25) is 10.0 Å². The van der Waals surface area contributed by atoms with E-state index in [0.717, 1.165) is 0 Å². The molecule has 2 atom stereocenters. The minimum Gasteiger partial charge on any atom is -0.435 e. The molecule has 0 spiro atoms. The number of anilines is 1. The van der Waals surface area contributed by atoms with E-state index in [1.807, 2.05) is 6.92 Å². The molecule has 36 heavy (non-hydrogen) atoms. The number of ether oxygens (including phenoxy) is 1. The van der Waals surface area contributed by atoms with Gasteiger partial charge in [-0.2, -0.15) is 19.1 Å². The highest BCUT2D eigenvalue weighted by Crippen LogP contribution is 2.27. The lowest BCUT2D eigenvalue weighted by Crippen LogP contribution is -2.52. The maximum atomic E-state index is 12.9.